The summed E-state index contributed by atoms with van der Waals surface area (Å²) in [5.74, 6) is -0.0129. The van der Waals surface area contributed by atoms with Gasteiger partial charge in [0.15, 0.2) is 0 Å². The highest BCUT2D eigenvalue weighted by molar-refractivity contribution is 5.85. The number of nitrogens with one attached hydrogen (secondary N) is 1. The Kier molecular flexibility index (Phi) is 4.03. The number of fused-ring (bicyclic) bond motifs is 3. The van der Waals surface area contributed by atoms with Crippen LogP contribution in [0.4, 0.5) is 11.4 Å². The Morgan fingerprint density at radius 1 is 1.21 bits per heavy atom. The molecule has 1 atom stereocenters. The van der Waals surface area contributed by atoms with Crippen LogP contribution in [0.15, 0.2) is 48.5 Å². The highest BCUT2D eigenvalue weighted by Crippen LogP contribution is 2.52. The quantitative estimate of drug-likeness (QED) is 0.650. The summed E-state index contributed by atoms with van der Waals surface area (Å²) in [6.45, 7) is 6.88. The molecule has 1 fully saturated rings. The van der Waals surface area contributed by atoms with Gasteiger partial charge < -0.3 is 10.2 Å². The summed E-state index contributed by atoms with van der Waals surface area (Å²) in [4.78, 5) is 25.6. The lowest BCUT2D eigenvalue weighted by Crippen LogP contribution is -2.68. The van der Waals surface area contributed by atoms with Crippen LogP contribution in [0, 0.1) is 17.0 Å². The predicted octanol–water partition coefficient (Wildman–Crippen LogP) is 3.93. The topological polar surface area (TPSA) is 75.5 Å². The van der Waals surface area contributed by atoms with Gasteiger partial charge >= 0.3 is 0 Å². The second-order valence-corrected chi connectivity index (χ2v) is 8.01. The number of amides is 1. The van der Waals surface area contributed by atoms with E-state index >= 15 is 0 Å². The number of nitrogens with zero attached hydrogens (tertiary/aromatic N) is 2. The van der Waals surface area contributed by atoms with E-state index in [2.05, 4.69) is 49.2 Å². The van der Waals surface area contributed by atoms with Crippen molar-refractivity contribution >= 4 is 23.4 Å². The van der Waals surface area contributed by atoms with Gasteiger partial charge in [0.25, 0.3) is 5.69 Å². The molecule has 6 nitrogen and oxygen atoms in total. The molecule has 1 amide bonds. The molecule has 0 radical (unpaired) electrons. The fourth-order valence-electron chi connectivity index (χ4n) is 4.47. The van der Waals surface area contributed by atoms with Crippen LogP contribution in [-0.4, -0.2) is 23.0 Å². The third kappa shape index (κ3) is 2.52. The first-order valence-electron chi connectivity index (χ1n) is 9.39. The van der Waals surface area contributed by atoms with Gasteiger partial charge in [-0.1, -0.05) is 43.7 Å². The van der Waals surface area contributed by atoms with Crippen molar-refractivity contribution < 1.29 is 9.72 Å². The number of aryl methyl sites for hydroxylation is 1. The molecule has 4 rings (SSSR count). The minimum atomic E-state index is -0.776. The molecule has 6 heteroatoms. The predicted molar refractivity (Wildman–Crippen MR) is 109 cm³/mol. The average molecular weight is 377 g/mol. The zero-order valence-electron chi connectivity index (χ0n) is 16.2. The molecule has 0 unspecified atom stereocenters. The Morgan fingerprint density at radius 3 is 2.71 bits per heavy atom. The maximum atomic E-state index is 12.4. The lowest BCUT2D eigenvalue weighted by Gasteiger charge is -2.49. The van der Waals surface area contributed by atoms with Crippen molar-refractivity contribution in [2.75, 3.05) is 11.4 Å². The van der Waals surface area contributed by atoms with Gasteiger partial charge in [0.1, 0.15) is 5.66 Å². The van der Waals surface area contributed by atoms with Crippen molar-refractivity contribution in [3.63, 3.8) is 0 Å². The number of benzene rings is 2. The van der Waals surface area contributed by atoms with E-state index in [4.69, 9.17) is 0 Å². The molecule has 2 heterocycles. The van der Waals surface area contributed by atoms with E-state index in [9.17, 15) is 14.9 Å². The normalized spacial score (nSPS) is 22.7. The number of carbonyl (C=O) groups is 1. The van der Waals surface area contributed by atoms with E-state index in [1.165, 1.54) is 11.6 Å². The van der Waals surface area contributed by atoms with Crippen molar-refractivity contribution in [1.82, 2.24) is 5.32 Å². The zero-order valence-corrected chi connectivity index (χ0v) is 16.2. The monoisotopic (exact) mass is 377 g/mol. The van der Waals surface area contributed by atoms with Crippen LogP contribution in [0.3, 0.4) is 0 Å². The Labute approximate surface area is 164 Å². The van der Waals surface area contributed by atoms with Crippen LogP contribution >= 0.6 is 0 Å². The van der Waals surface area contributed by atoms with Gasteiger partial charge in [-0.15, -0.1) is 0 Å². The summed E-state index contributed by atoms with van der Waals surface area (Å²) < 4.78 is 0. The van der Waals surface area contributed by atoms with Crippen LogP contribution in [-0.2, 0) is 10.2 Å². The van der Waals surface area contributed by atoms with Crippen molar-refractivity contribution in [3.05, 3.63) is 75.3 Å². The summed E-state index contributed by atoms with van der Waals surface area (Å²) in [5, 5.41) is 14.6. The number of anilines is 1. The third-order valence-corrected chi connectivity index (χ3v) is 6.02. The molecule has 2 aliphatic heterocycles. The van der Waals surface area contributed by atoms with Gasteiger partial charge in [0.2, 0.25) is 5.91 Å². The molecule has 0 spiro atoms. The second-order valence-electron chi connectivity index (χ2n) is 8.01. The zero-order chi connectivity index (χ0) is 20.1. The van der Waals surface area contributed by atoms with Gasteiger partial charge in [-0.05, 0) is 36.8 Å². The van der Waals surface area contributed by atoms with Crippen molar-refractivity contribution in [3.8, 4) is 0 Å². The van der Waals surface area contributed by atoms with Gasteiger partial charge in [-0.2, -0.15) is 0 Å². The van der Waals surface area contributed by atoms with Crippen LogP contribution in [0.2, 0.25) is 0 Å². The first kappa shape index (κ1) is 18.2. The molecule has 2 aromatic rings. The molecule has 2 aliphatic rings. The summed E-state index contributed by atoms with van der Waals surface area (Å²) >= 11 is 0. The summed E-state index contributed by atoms with van der Waals surface area (Å²) in [5.41, 5.74) is 2.81. The molecule has 0 saturated carbocycles. The first-order valence-corrected chi connectivity index (χ1v) is 9.39. The summed E-state index contributed by atoms with van der Waals surface area (Å²) in [6.07, 6.45) is 4.10. The molecule has 28 heavy (non-hydrogen) atoms. The maximum absolute atomic E-state index is 12.4. The van der Waals surface area contributed by atoms with E-state index in [-0.39, 0.29) is 16.5 Å². The number of rotatable bonds is 3. The van der Waals surface area contributed by atoms with E-state index in [1.807, 2.05) is 6.08 Å². The minimum Gasteiger partial charge on any atom is -0.344 e. The Bertz CT molecular complexity index is 1010. The molecular weight excluding hydrogens is 354 g/mol. The van der Waals surface area contributed by atoms with E-state index in [0.29, 0.717) is 18.5 Å². The molecule has 144 valence electrons. The molecule has 1 N–H and O–H groups in total. The van der Waals surface area contributed by atoms with Gasteiger partial charge in [0, 0.05) is 30.1 Å². The van der Waals surface area contributed by atoms with Crippen molar-refractivity contribution in [2.45, 2.75) is 38.3 Å². The number of nitro benzene ring substituents is 1. The van der Waals surface area contributed by atoms with E-state index in [0.717, 1.165) is 11.3 Å². The highest BCUT2D eigenvalue weighted by atomic mass is 16.6. The fraction of sp³-hybridized carbons (Fsp3) is 0.318. The molecule has 0 aromatic heterocycles. The number of hydrogen-bond acceptors (Lipinski definition) is 4. The summed E-state index contributed by atoms with van der Waals surface area (Å²) in [7, 11) is 0. The van der Waals surface area contributed by atoms with Crippen molar-refractivity contribution in [1.29, 1.82) is 0 Å². The van der Waals surface area contributed by atoms with E-state index < -0.39 is 11.1 Å². The Hall–Kier alpha value is -3.15. The minimum absolute atomic E-state index is 0.0129. The smallest absolute Gasteiger partial charge is 0.276 e. The molecule has 0 aliphatic carbocycles. The number of carbonyl (C=O) groups excluding carboxylic acids is 1. The lowest BCUT2D eigenvalue weighted by molar-refractivity contribution is -0.385. The van der Waals surface area contributed by atoms with Gasteiger partial charge in [0.05, 0.1) is 10.5 Å². The van der Waals surface area contributed by atoms with Crippen LogP contribution in [0.1, 0.15) is 37.0 Å². The maximum Gasteiger partial charge on any atom is 0.276 e. The largest absolute Gasteiger partial charge is 0.344 e. The van der Waals surface area contributed by atoms with Gasteiger partial charge in [-0.25, -0.2) is 0 Å². The van der Waals surface area contributed by atoms with Crippen LogP contribution in [0.25, 0.3) is 6.08 Å². The number of para-hydroxylation sites is 1. The first-order chi connectivity index (χ1) is 13.3. The second kappa shape index (κ2) is 6.19. The standard InChI is InChI=1S/C22H23N3O3/c1-15-8-9-19-17(14-15)21(2,3)22(23-20(26)11-13-24(19)22)12-10-16-6-4-5-7-18(16)25(27)28/h4-10,12,14H,11,13H2,1-3H3,(H,23,26)/b12-10+/t22-/m0/s1. The SMILES string of the molecule is Cc1ccc2c(c1)C(C)(C)[C@@]1(/C=C/c3ccccc3[N+](=O)[O-])NC(=O)CCN21. The average Bonchev–Trinajstić information content (AvgIpc) is 2.84. The van der Waals surface area contributed by atoms with Crippen LogP contribution < -0.4 is 10.2 Å². The summed E-state index contributed by atoms with van der Waals surface area (Å²) in [6, 6.07) is 13.0. The molecular formula is C22H23N3O3. The van der Waals surface area contributed by atoms with E-state index in [1.54, 1.807) is 24.3 Å². The Morgan fingerprint density at radius 2 is 1.96 bits per heavy atom. The third-order valence-electron chi connectivity index (χ3n) is 6.02. The molecule has 0 bridgehead atoms. The van der Waals surface area contributed by atoms with Crippen LogP contribution in [0.5, 0.6) is 0 Å². The molecule has 1 saturated heterocycles. The number of nitro groups is 1. The Balaban J connectivity index is 1.87. The number of hydrogen-bond donors (Lipinski definition) is 1. The lowest BCUT2D eigenvalue weighted by atomic mass is 9.74. The highest BCUT2D eigenvalue weighted by Gasteiger charge is 2.57. The van der Waals surface area contributed by atoms with Crippen molar-refractivity contribution in [2.24, 2.45) is 0 Å². The molecule has 2 aromatic carbocycles. The van der Waals surface area contributed by atoms with Gasteiger partial charge in [-0.3, -0.25) is 14.9 Å². The fourth-order valence-corrected chi connectivity index (χ4v) is 4.47.